The second kappa shape index (κ2) is 8.07. The fourth-order valence-corrected chi connectivity index (χ4v) is 3.39. The largest absolute Gasteiger partial charge is 0.477 e. The van der Waals surface area contributed by atoms with Crippen LogP contribution in [-0.4, -0.2) is 55.4 Å². The smallest absolute Gasteiger partial charge is 0.354 e. The third-order valence-corrected chi connectivity index (χ3v) is 4.96. The van der Waals surface area contributed by atoms with Gasteiger partial charge in [0.05, 0.1) is 24.3 Å². The number of halogens is 1. The molecule has 1 aliphatic rings. The van der Waals surface area contributed by atoms with E-state index in [0.29, 0.717) is 48.6 Å². The van der Waals surface area contributed by atoms with Crippen LogP contribution < -0.4 is 10.5 Å². The van der Waals surface area contributed by atoms with Crippen molar-refractivity contribution in [2.45, 2.75) is 19.9 Å². The molecule has 0 fully saturated rings. The number of H-pyrrole nitrogens is 1. The Morgan fingerprint density at radius 1 is 1.30 bits per heavy atom. The Balaban J connectivity index is 1.49. The van der Waals surface area contributed by atoms with E-state index in [9.17, 15) is 9.59 Å². The van der Waals surface area contributed by atoms with E-state index in [4.69, 9.17) is 16.7 Å². The van der Waals surface area contributed by atoms with Gasteiger partial charge in [0, 0.05) is 12.7 Å². The maximum absolute atomic E-state index is 12.0. The summed E-state index contributed by atoms with van der Waals surface area (Å²) >= 11 is 6.13. The monoisotopic (exact) mass is 427 g/mol. The Labute approximate surface area is 175 Å². The Morgan fingerprint density at radius 2 is 2.13 bits per heavy atom. The molecule has 0 aliphatic carbocycles. The zero-order chi connectivity index (χ0) is 21.3. The van der Waals surface area contributed by atoms with E-state index in [-0.39, 0.29) is 16.4 Å². The summed E-state index contributed by atoms with van der Waals surface area (Å²) in [5, 5.41) is 15.4. The van der Waals surface area contributed by atoms with Crippen LogP contribution in [0.5, 0.6) is 0 Å². The quantitative estimate of drug-likeness (QED) is 0.591. The number of nitrogens with zero attached hydrogens (tertiary/aromatic N) is 6. The van der Waals surface area contributed by atoms with E-state index >= 15 is 0 Å². The standard InChI is InChI=1S/C19H18ClN7O3/c1-2-12-18(28)25-14-7-11(8-21-17(14)24-12)9-27-6-5-26(10-22-27)15-4-3-13(19(29)30)23-16(15)20/h3-4,7-8,10H,2,5-6,9H2,1H3,(H,25,28)(H,29,30). The van der Waals surface area contributed by atoms with Gasteiger partial charge in [-0.05, 0) is 30.2 Å². The van der Waals surface area contributed by atoms with Gasteiger partial charge in [-0.3, -0.25) is 9.80 Å². The van der Waals surface area contributed by atoms with E-state index in [2.05, 4.69) is 25.0 Å². The van der Waals surface area contributed by atoms with Crippen molar-refractivity contribution in [3.8, 4) is 0 Å². The van der Waals surface area contributed by atoms with Gasteiger partial charge in [-0.15, -0.1) is 0 Å². The van der Waals surface area contributed by atoms with Crippen LogP contribution >= 0.6 is 11.6 Å². The Kier molecular flexibility index (Phi) is 5.32. The van der Waals surface area contributed by atoms with E-state index in [1.165, 1.54) is 6.07 Å². The van der Waals surface area contributed by atoms with Crippen LogP contribution in [0.1, 0.15) is 28.7 Å². The molecule has 0 unspecified atom stereocenters. The molecule has 4 rings (SSSR count). The van der Waals surface area contributed by atoms with Crippen molar-refractivity contribution in [1.82, 2.24) is 24.9 Å². The lowest BCUT2D eigenvalue weighted by atomic mass is 10.2. The molecule has 154 valence electrons. The number of hydrogen-bond acceptors (Lipinski definition) is 8. The molecule has 0 aromatic carbocycles. The molecule has 0 saturated heterocycles. The van der Waals surface area contributed by atoms with Crippen molar-refractivity contribution in [2.24, 2.45) is 5.10 Å². The minimum absolute atomic E-state index is 0.108. The Morgan fingerprint density at radius 3 is 2.80 bits per heavy atom. The van der Waals surface area contributed by atoms with Gasteiger partial charge >= 0.3 is 5.97 Å². The second-order valence-corrected chi connectivity index (χ2v) is 7.06. The van der Waals surface area contributed by atoms with E-state index < -0.39 is 5.97 Å². The number of anilines is 1. The molecule has 10 nitrogen and oxygen atoms in total. The van der Waals surface area contributed by atoms with Gasteiger partial charge in [0.25, 0.3) is 5.56 Å². The molecule has 3 aromatic heterocycles. The number of aryl methyl sites for hydroxylation is 1. The second-order valence-electron chi connectivity index (χ2n) is 6.70. The molecule has 3 aromatic rings. The van der Waals surface area contributed by atoms with Crippen molar-refractivity contribution in [2.75, 3.05) is 18.0 Å². The SMILES string of the molecule is CCc1nc2ncc(CN3CCN(c4ccc(C(=O)O)nc4Cl)C=N3)cc2[nH]c1=O. The number of hydrazone groups is 1. The Hall–Kier alpha value is -3.53. The van der Waals surface area contributed by atoms with Crippen molar-refractivity contribution >= 4 is 40.8 Å². The number of aromatic amines is 1. The average molecular weight is 428 g/mol. The number of nitrogens with one attached hydrogen (secondary N) is 1. The summed E-state index contributed by atoms with van der Waals surface area (Å²) in [4.78, 5) is 40.1. The van der Waals surface area contributed by atoms with E-state index in [1.807, 2.05) is 22.9 Å². The lowest BCUT2D eigenvalue weighted by Crippen LogP contribution is -2.37. The number of aromatic nitrogens is 4. The molecule has 0 spiro atoms. The maximum Gasteiger partial charge on any atom is 0.354 e. The number of fused-ring (bicyclic) bond motifs is 1. The zero-order valence-corrected chi connectivity index (χ0v) is 16.8. The summed E-state index contributed by atoms with van der Waals surface area (Å²) in [6.45, 7) is 3.58. The summed E-state index contributed by atoms with van der Waals surface area (Å²) in [6, 6.07) is 4.87. The van der Waals surface area contributed by atoms with Crippen LogP contribution in [-0.2, 0) is 13.0 Å². The first-order valence-corrected chi connectivity index (χ1v) is 9.65. The van der Waals surface area contributed by atoms with E-state index in [1.54, 1.807) is 18.6 Å². The first-order chi connectivity index (χ1) is 14.4. The summed E-state index contributed by atoms with van der Waals surface area (Å²) in [7, 11) is 0. The first-order valence-electron chi connectivity index (χ1n) is 9.28. The number of carboxylic acids is 1. The highest BCUT2D eigenvalue weighted by atomic mass is 35.5. The number of rotatable bonds is 5. The Bertz CT molecular complexity index is 1210. The normalized spacial score (nSPS) is 13.8. The fraction of sp³-hybridized carbons (Fsp3) is 0.263. The van der Waals surface area contributed by atoms with Gasteiger partial charge in [0.15, 0.2) is 10.8 Å². The van der Waals surface area contributed by atoms with Crippen molar-refractivity contribution in [3.05, 3.63) is 56.9 Å². The zero-order valence-electron chi connectivity index (χ0n) is 16.0. The minimum atomic E-state index is -1.13. The van der Waals surface area contributed by atoms with Gasteiger partial charge in [-0.1, -0.05) is 18.5 Å². The van der Waals surface area contributed by atoms with Gasteiger partial charge in [0.1, 0.15) is 17.7 Å². The molecule has 0 saturated carbocycles. The van der Waals surface area contributed by atoms with Crippen LogP contribution in [0.15, 0.2) is 34.3 Å². The molecule has 0 amide bonds. The van der Waals surface area contributed by atoms with Crippen molar-refractivity contribution in [1.29, 1.82) is 0 Å². The number of carbonyl (C=O) groups is 1. The van der Waals surface area contributed by atoms with Gasteiger partial charge in [-0.25, -0.2) is 19.7 Å². The predicted molar refractivity (Wildman–Crippen MR) is 112 cm³/mol. The van der Waals surface area contributed by atoms with E-state index in [0.717, 1.165) is 5.56 Å². The molecule has 11 heteroatoms. The van der Waals surface area contributed by atoms with Crippen LogP contribution in [0.2, 0.25) is 5.15 Å². The predicted octanol–water partition coefficient (Wildman–Crippen LogP) is 1.89. The molecule has 30 heavy (non-hydrogen) atoms. The third-order valence-electron chi connectivity index (χ3n) is 4.69. The van der Waals surface area contributed by atoms with Crippen molar-refractivity contribution in [3.63, 3.8) is 0 Å². The molecular formula is C19H18ClN7O3. The average Bonchev–Trinajstić information content (AvgIpc) is 2.74. The third kappa shape index (κ3) is 3.94. The number of aromatic carboxylic acids is 1. The molecular weight excluding hydrogens is 410 g/mol. The number of pyridine rings is 2. The van der Waals surface area contributed by atoms with Gasteiger partial charge in [-0.2, -0.15) is 5.10 Å². The molecule has 2 N–H and O–H groups in total. The molecule has 0 bridgehead atoms. The number of carboxylic acid groups (broad SMARTS) is 1. The first kappa shape index (κ1) is 19.8. The highest BCUT2D eigenvalue weighted by molar-refractivity contribution is 6.32. The highest BCUT2D eigenvalue weighted by Gasteiger charge is 2.18. The molecule has 1 aliphatic heterocycles. The molecule has 0 radical (unpaired) electrons. The summed E-state index contributed by atoms with van der Waals surface area (Å²) in [6.07, 6.45) is 3.89. The number of hydrogen-bond donors (Lipinski definition) is 2. The molecule has 4 heterocycles. The highest BCUT2D eigenvalue weighted by Crippen LogP contribution is 2.24. The summed E-state index contributed by atoms with van der Waals surface area (Å²) in [5.74, 6) is -1.13. The minimum Gasteiger partial charge on any atom is -0.477 e. The van der Waals surface area contributed by atoms with Crippen LogP contribution in [0, 0.1) is 0 Å². The summed E-state index contributed by atoms with van der Waals surface area (Å²) in [5.41, 5.74) is 2.74. The van der Waals surface area contributed by atoms with Gasteiger partial charge in [0.2, 0.25) is 0 Å². The van der Waals surface area contributed by atoms with Crippen molar-refractivity contribution < 1.29 is 9.90 Å². The van der Waals surface area contributed by atoms with Crippen LogP contribution in [0.4, 0.5) is 5.69 Å². The van der Waals surface area contributed by atoms with Gasteiger partial charge < -0.3 is 15.0 Å². The molecule has 0 atom stereocenters. The van der Waals surface area contributed by atoms with Crippen LogP contribution in [0.3, 0.4) is 0 Å². The lowest BCUT2D eigenvalue weighted by molar-refractivity contribution is 0.0690. The topological polar surface area (TPSA) is 128 Å². The summed E-state index contributed by atoms with van der Waals surface area (Å²) < 4.78 is 0. The fourth-order valence-electron chi connectivity index (χ4n) is 3.13. The lowest BCUT2D eigenvalue weighted by Gasteiger charge is -2.30. The van der Waals surface area contributed by atoms with Crippen LogP contribution in [0.25, 0.3) is 11.2 Å². The maximum atomic E-state index is 12.0.